The monoisotopic (exact) mass is 297 g/mol. The first-order chi connectivity index (χ1) is 10.7. The third-order valence-corrected chi connectivity index (χ3v) is 3.33. The van der Waals surface area contributed by atoms with Gasteiger partial charge in [0.05, 0.1) is 6.61 Å². The van der Waals surface area contributed by atoms with Crippen LogP contribution in [0.15, 0.2) is 30.3 Å². The minimum absolute atomic E-state index is 0.563. The lowest BCUT2D eigenvalue weighted by atomic mass is 10.2. The molecule has 0 bridgehead atoms. The molecule has 0 saturated carbocycles. The summed E-state index contributed by atoms with van der Waals surface area (Å²) in [4.78, 5) is 8.80. The van der Waals surface area contributed by atoms with Crippen molar-refractivity contribution in [3.63, 3.8) is 0 Å². The number of aromatic nitrogens is 4. The van der Waals surface area contributed by atoms with Crippen molar-refractivity contribution in [1.29, 1.82) is 0 Å². The van der Waals surface area contributed by atoms with Crippen molar-refractivity contribution >= 4 is 11.7 Å². The van der Waals surface area contributed by atoms with E-state index in [0.29, 0.717) is 24.9 Å². The van der Waals surface area contributed by atoms with Crippen LogP contribution < -0.4 is 10.1 Å². The fourth-order valence-electron chi connectivity index (χ4n) is 2.36. The van der Waals surface area contributed by atoms with Crippen LogP contribution in [0.5, 0.6) is 5.75 Å². The average molecular weight is 297 g/mol. The standard InChI is InChI=1S/C16H19N5O/c1-4-22-14-8-6-5-7-13(14)10-17-15-19-16-18-11(2)9-12(3)21(16)20-15/h5-9H,4,10H2,1-3H3,(H,17,20). The third kappa shape index (κ3) is 2.86. The van der Waals surface area contributed by atoms with Crippen molar-refractivity contribution in [3.05, 3.63) is 47.3 Å². The molecule has 3 rings (SSSR count). The van der Waals surface area contributed by atoms with Gasteiger partial charge in [0.2, 0.25) is 5.95 Å². The van der Waals surface area contributed by atoms with Gasteiger partial charge in [-0.25, -0.2) is 4.98 Å². The maximum absolute atomic E-state index is 5.62. The number of hydrogen-bond donors (Lipinski definition) is 1. The number of ether oxygens (including phenoxy) is 1. The molecule has 1 aromatic carbocycles. The summed E-state index contributed by atoms with van der Waals surface area (Å²) < 4.78 is 7.36. The summed E-state index contributed by atoms with van der Waals surface area (Å²) in [5.74, 6) is 2.05. The number of anilines is 1. The Morgan fingerprint density at radius 3 is 2.82 bits per heavy atom. The van der Waals surface area contributed by atoms with E-state index >= 15 is 0 Å². The second-order valence-electron chi connectivity index (χ2n) is 5.08. The Hall–Kier alpha value is -2.63. The molecule has 0 unspecified atom stereocenters. The van der Waals surface area contributed by atoms with Crippen molar-refractivity contribution in [1.82, 2.24) is 19.6 Å². The Labute approximate surface area is 129 Å². The van der Waals surface area contributed by atoms with Gasteiger partial charge in [-0.1, -0.05) is 18.2 Å². The highest BCUT2D eigenvalue weighted by atomic mass is 16.5. The van der Waals surface area contributed by atoms with Crippen molar-refractivity contribution in [2.24, 2.45) is 0 Å². The quantitative estimate of drug-likeness (QED) is 0.784. The zero-order valence-electron chi connectivity index (χ0n) is 13.0. The average Bonchev–Trinajstić information content (AvgIpc) is 2.90. The Bertz CT molecular complexity index is 796. The first-order valence-electron chi connectivity index (χ1n) is 7.33. The van der Waals surface area contributed by atoms with Gasteiger partial charge in [0.1, 0.15) is 5.75 Å². The minimum atomic E-state index is 0.563. The fourth-order valence-corrected chi connectivity index (χ4v) is 2.36. The van der Waals surface area contributed by atoms with Gasteiger partial charge >= 0.3 is 0 Å². The van der Waals surface area contributed by atoms with Crippen LogP contribution in [0.1, 0.15) is 23.9 Å². The molecule has 6 nitrogen and oxygen atoms in total. The van der Waals surface area contributed by atoms with Gasteiger partial charge in [-0.05, 0) is 32.9 Å². The van der Waals surface area contributed by atoms with E-state index in [0.717, 1.165) is 22.7 Å². The molecule has 22 heavy (non-hydrogen) atoms. The first kappa shape index (κ1) is 14.3. The lowest BCUT2D eigenvalue weighted by Gasteiger charge is -2.09. The van der Waals surface area contributed by atoms with E-state index in [2.05, 4.69) is 20.4 Å². The normalized spacial score (nSPS) is 10.9. The molecule has 1 N–H and O–H groups in total. The number of benzene rings is 1. The molecule has 2 heterocycles. The summed E-state index contributed by atoms with van der Waals surface area (Å²) in [5.41, 5.74) is 3.02. The van der Waals surface area contributed by atoms with E-state index in [4.69, 9.17) is 4.74 Å². The molecular formula is C16H19N5O. The van der Waals surface area contributed by atoms with Crippen LogP contribution in [-0.2, 0) is 6.54 Å². The molecule has 0 aliphatic rings. The fraction of sp³-hybridized carbons (Fsp3) is 0.312. The van der Waals surface area contributed by atoms with Crippen LogP contribution in [0.4, 0.5) is 5.95 Å². The van der Waals surface area contributed by atoms with Crippen LogP contribution in [0, 0.1) is 13.8 Å². The van der Waals surface area contributed by atoms with E-state index in [1.165, 1.54) is 0 Å². The van der Waals surface area contributed by atoms with Crippen molar-refractivity contribution in [3.8, 4) is 5.75 Å². The summed E-state index contributed by atoms with van der Waals surface area (Å²) in [6.45, 7) is 7.17. The van der Waals surface area contributed by atoms with E-state index < -0.39 is 0 Å². The number of nitrogens with zero attached hydrogens (tertiary/aromatic N) is 4. The predicted octanol–water partition coefficient (Wildman–Crippen LogP) is 2.75. The SMILES string of the molecule is CCOc1ccccc1CNc1nc2nc(C)cc(C)n2n1. The summed E-state index contributed by atoms with van der Waals surface area (Å²) in [6.07, 6.45) is 0. The van der Waals surface area contributed by atoms with E-state index in [9.17, 15) is 0 Å². The van der Waals surface area contributed by atoms with Crippen LogP contribution in [0.2, 0.25) is 0 Å². The molecule has 0 spiro atoms. The summed E-state index contributed by atoms with van der Waals surface area (Å²) in [5, 5.41) is 7.67. The first-order valence-corrected chi connectivity index (χ1v) is 7.33. The molecule has 6 heteroatoms. The number of hydrogen-bond acceptors (Lipinski definition) is 5. The molecule has 0 atom stereocenters. The molecule has 0 radical (unpaired) electrons. The number of fused-ring (bicyclic) bond motifs is 1. The number of aryl methyl sites for hydroxylation is 2. The highest BCUT2D eigenvalue weighted by Gasteiger charge is 2.08. The highest BCUT2D eigenvalue weighted by molar-refractivity contribution is 5.41. The van der Waals surface area contributed by atoms with Crippen molar-refractivity contribution < 1.29 is 4.74 Å². The molecular weight excluding hydrogens is 278 g/mol. The molecule has 114 valence electrons. The summed E-state index contributed by atoms with van der Waals surface area (Å²) in [6, 6.07) is 9.93. The van der Waals surface area contributed by atoms with Crippen molar-refractivity contribution in [2.75, 3.05) is 11.9 Å². The second kappa shape index (κ2) is 6.01. The molecule has 0 saturated heterocycles. The van der Waals surface area contributed by atoms with Crippen molar-refractivity contribution in [2.45, 2.75) is 27.3 Å². The Morgan fingerprint density at radius 1 is 1.18 bits per heavy atom. The lowest BCUT2D eigenvalue weighted by molar-refractivity contribution is 0.337. The van der Waals surface area contributed by atoms with Gasteiger partial charge in [0.15, 0.2) is 0 Å². The molecule has 0 aliphatic heterocycles. The molecule has 3 aromatic rings. The molecule has 2 aromatic heterocycles. The predicted molar refractivity (Wildman–Crippen MR) is 85.2 cm³/mol. The Morgan fingerprint density at radius 2 is 2.00 bits per heavy atom. The van der Waals surface area contributed by atoms with E-state index in [-0.39, 0.29) is 0 Å². The zero-order chi connectivity index (χ0) is 15.5. The molecule has 0 fully saturated rings. The topological polar surface area (TPSA) is 64.3 Å². The third-order valence-electron chi connectivity index (χ3n) is 3.33. The minimum Gasteiger partial charge on any atom is -0.494 e. The van der Waals surface area contributed by atoms with E-state index in [1.807, 2.05) is 51.1 Å². The van der Waals surface area contributed by atoms with E-state index in [1.54, 1.807) is 4.52 Å². The van der Waals surface area contributed by atoms with Gasteiger partial charge in [-0.3, -0.25) is 0 Å². The maximum atomic E-state index is 5.62. The molecule has 0 aliphatic carbocycles. The smallest absolute Gasteiger partial charge is 0.254 e. The van der Waals surface area contributed by atoms with Gasteiger partial charge in [-0.2, -0.15) is 9.50 Å². The Kier molecular flexibility index (Phi) is 3.91. The highest BCUT2D eigenvalue weighted by Crippen LogP contribution is 2.19. The summed E-state index contributed by atoms with van der Waals surface area (Å²) >= 11 is 0. The van der Waals surface area contributed by atoms with Crippen LogP contribution in [0.3, 0.4) is 0 Å². The maximum Gasteiger partial charge on any atom is 0.254 e. The van der Waals surface area contributed by atoms with Gasteiger partial charge in [-0.15, -0.1) is 5.10 Å². The number of rotatable bonds is 5. The Balaban J connectivity index is 1.81. The second-order valence-corrected chi connectivity index (χ2v) is 5.08. The van der Waals surface area contributed by atoms with Gasteiger partial charge in [0.25, 0.3) is 5.78 Å². The van der Waals surface area contributed by atoms with Gasteiger partial charge in [0, 0.05) is 23.5 Å². The zero-order valence-corrected chi connectivity index (χ0v) is 13.0. The lowest BCUT2D eigenvalue weighted by Crippen LogP contribution is -2.04. The van der Waals surface area contributed by atoms with Crippen LogP contribution in [-0.4, -0.2) is 26.2 Å². The summed E-state index contributed by atoms with van der Waals surface area (Å²) in [7, 11) is 0. The van der Waals surface area contributed by atoms with Crippen LogP contribution in [0.25, 0.3) is 5.78 Å². The number of para-hydroxylation sites is 1. The van der Waals surface area contributed by atoms with Gasteiger partial charge < -0.3 is 10.1 Å². The number of nitrogens with one attached hydrogen (secondary N) is 1. The molecule has 0 amide bonds. The largest absolute Gasteiger partial charge is 0.494 e. The van der Waals surface area contributed by atoms with Crippen LogP contribution >= 0.6 is 0 Å².